The Balaban J connectivity index is 0.000000225. The first-order valence-electron chi connectivity index (χ1n) is 24.0. The summed E-state index contributed by atoms with van der Waals surface area (Å²) in [5.41, 5.74) is 9.20. The van der Waals surface area contributed by atoms with Crippen molar-refractivity contribution < 1.29 is 98.7 Å². The van der Waals surface area contributed by atoms with Crippen LogP contribution < -0.4 is 69.3 Å². The number of hydrogen-bond donors (Lipinski definition) is 2. The summed E-state index contributed by atoms with van der Waals surface area (Å²) in [6, 6.07) is 61.7. The summed E-state index contributed by atoms with van der Waals surface area (Å²) in [6.45, 7) is 0. The molecule has 0 aliphatic rings. The van der Waals surface area contributed by atoms with Gasteiger partial charge in [0.25, 0.3) is 0 Å². The molecule has 2 atom stereocenters. The number of aromatic nitrogens is 2. The molecule has 2 unspecified atom stereocenters. The summed E-state index contributed by atoms with van der Waals surface area (Å²) in [5.74, 6) is -4.47. The van der Waals surface area contributed by atoms with Crippen LogP contribution >= 0.6 is 46.7 Å². The molecular formula is C64H42Cl2N2Na2O8S2. The summed E-state index contributed by atoms with van der Waals surface area (Å²) in [7, 11) is 0. The summed E-state index contributed by atoms with van der Waals surface area (Å²) in [4.78, 5) is 56.7. The van der Waals surface area contributed by atoms with Crippen LogP contribution in [-0.2, 0) is 0 Å². The minimum Gasteiger partial charge on any atom is -0.545 e. The Labute approximate surface area is 523 Å². The Morgan fingerprint density at radius 2 is 0.762 bits per heavy atom. The zero-order chi connectivity index (χ0) is 54.7. The van der Waals surface area contributed by atoms with Crippen molar-refractivity contribution in [1.82, 2.24) is 9.97 Å². The zero-order valence-corrected chi connectivity index (χ0v) is 50.0. The van der Waals surface area contributed by atoms with Gasteiger partial charge in [0.05, 0.1) is 56.0 Å². The fourth-order valence-electron chi connectivity index (χ4n) is 8.35. The smallest absolute Gasteiger partial charge is 0.545 e. The van der Waals surface area contributed by atoms with Crippen LogP contribution in [0.3, 0.4) is 0 Å². The second-order valence-electron chi connectivity index (χ2n) is 17.6. The molecule has 0 spiro atoms. The number of fused-ring (bicyclic) bond motifs is 2. The van der Waals surface area contributed by atoms with Gasteiger partial charge in [-0.1, -0.05) is 145 Å². The first-order chi connectivity index (χ1) is 37.7. The summed E-state index contributed by atoms with van der Waals surface area (Å²) >= 11 is 15.3. The van der Waals surface area contributed by atoms with Gasteiger partial charge in [-0.2, -0.15) is 0 Å². The number of hydrogen-bond acceptors (Lipinski definition) is 10. The van der Waals surface area contributed by atoms with Crippen LogP contribution in [-0.4, -0.2) is 44.1 Å². The molecule has 10 aromatic rings. The molecule has 16 heteroatoms. The van der Waals surface area contributed by atoms with E-state index in [1.165, 1.54) is 35.7 Å². The number of benzene rings is 8. The van der Waals surface area contributed by atoms with Crippen LogP contribution in [0.4, 0.5) is 0 Å². The molecule has 80 heavy (non-hydrogen) atoms. The number of nitrogens with zero attached hydrogens (tertiary/aromatic N) is 2. The molecule has 2 aromatic heterocycles. The minimum absolute atomic E-state index is 0. The van der Waals surface area contributed by atoms with Gasteiger partial charge in [0.1, 0.15) is 0 Å². The van der Waals surface area contributed by atoms with E-state index in [1.807, 2.05) is 146 Å². The molecule has 0 bridgehead atoms. The van der Waals surface area contributed by atoms with Crippen LogP contribution in [0.2, 0.25) is 10.0 Å². The Kier molecular flexibility index (Phi) is 21.7. The zero-order valence-electron chi connectivity index (χ0n) is 42.9. The molecule has 0 aliphatic heterocycles. The van der Waals surface area contributed by atoms with Crippen LogP contribution in [0.5, 0.6) is 0 Å². The Bertz CT molecular complexity index is 3700. The number of carboxylic acids is 4. The number of thioether (sulfide) groups is 2. The van der Waals surface area contributed by atoms with Crippen molar-refractivity contribution in [2.45, 2.75) is 20.3 Å². The fourth-order valence-corrected chi connectivity index (χ4v) is 10.9. The van der Waals surface area contributed by atoms with Gasteiger partial charge in [0, 0.05) is 30.6 Å². The molecule has 2 heterocycles. The number of carbonyl (C=O) groups excluding carboxylic acids is 2. The maximum atomic E-state index is 11.6. The van der Waals surface area contributed by atoms with Crippen LogP contribution in [0, 0.1) is 0 Å². The fraction of sp³-hybridized carbons (Fsp3) is 0.0312. The van der Waals surface area contributed by atoms with Crippen LogP contribution in [0.15, 0.2) is 216 Å². The van der Waals surface area contributed by atoms with Gasteiger partial charge in [-0.05, 0) is 154 Å². The number of carbonyl (C=O) groups is 4. The average molecular weight is 1150 g/mol. The summed E-state index contributed by atoms with van der Waals surface area (Å²) < 4.78 is 0. The van der Waals surface area contributed by atoms with Crippen LogP contribution in [0.1, 0.15) is 96.7 Å². The molecule has 0 saturated carbocycles. The monoisotopic (exact) mass is 1150 g/mol. The molecule has 384 valence electrons. The average Bonchev–Trinajstić information content (AvgIpc) is 3.48. The van der Waals surface area contributed by atoms with Crippen molar-refractivity contribution >= 4 is 117 Å². The Morgan fingerprint density at radius 1 is 0.412 bits per heavy atom. The van der Waals surface area contributed by atoms with E-state index < -0.39 is 23.9 Å². The van der Waals surface area contributed by atoms with E-state index in [4.69, 9.17) is 23.2 Å². The van der Waals surface area contributed by atoms with Gasteiger partial charge in [-0.3, -0.25) is 0 Å². The number of aromatic carboxylic acids is 4. The van der Waals surface area contributed by atoms with Crippen molar-refractivity contribution in [3.63, 3.8) is 0 Å². The maximum Gasteiger partial charge on any atom is 1.00 e. The second kappa shape index (κ2) is 28.6. The van der Waals surface area contributed by atoms with Crippen molar-refractivity contribution in [2.24, 2.45) is 0 Å². The number of carboxylic acid groups (broad SMARTS) is 4. The Morgan fingerprint density at radius 3 is 1.12 bits per heavy atom. The van der Waals surface area contributed by atoms with E-state index in [9.17, 15) is 39.6 Å². The molecule has 2 N–H and O–H groups in total. The van der Waals surface area contributed by atoms with E-state index in [0.29, 0.717) is 10.0 Å². The second-order valence-corrected chi connectivity index (χ2v) is 20.9. The van der Waals surface area contributed by atoms with Crippen molar-refractivity contribution in [3.8, 4) is 0 Å². The van der Waals surface area contributed by atoms with E-state index in [2.05, 4.69) is 9.97 Å². The molecule has 10 nitrogen and oxygen atoms in total. The van der Waals surface area contributed by atoms with Crippen molar-refractivity contribution in [2.75, 3.05) is 0 Å². The number of rotatable bonds is 16. The van der Waals surface area contributed by atoms with E-state index in [1.54, 1.807) is 72.8 Å². The maximum absolute atomic E-state index is 11.6. The molecule has 0 fully saturated rings. The van der Waals surface area contributed by atoms with Crippen molar-refractivity contribution in [3.05, 3.63) is 283 Å². The third-order valence-electron chi connectivity index (χ3n) is 12.2. The predicted molar refractivity (Wildman–Crippen MR) is 308 cm³/mol. The van der Waals surface area contributed by atoms with Gasteiger partial charge >= 0.3 is 71.1 Å². The molecule has 0 radical (unpaired) electrons. The number of pyridine rings is 2. The van der Waals surface area contributed by atoms with Crippen molar-refractivity contribution in [1.29, 1.82) is 0 Å². The first kappa shape index (κ1) is 60.9. The third kappa shape index (κ3) is 16.2. The number of halogens is 2. The molecule has 10 rings (SSSR count). The van der Waals surface area contributed by atoms with E-state index in [0.717, 1.165) is 76.4 Å². The standard InChI is InChI=1S/2C32H22ClNO4S.2Na/c2*33-26-12-8-21-9-14-27(34-29(21)19-26)13-7-20-3-1-4-23(17-20)30(24-5-2-6-25(18-24)32(37)38)39-28-15-10-22(11-16-28)31(35)36;;/h2*1-19,30H,(H,35,36)(H,37,38);;/q;;2*+1/p-2. The van der Waals surface area contributed by atoms with Gasteiger partial charge in [-0.25, -0.2) is 19.6 Å². The van der Waals surface area contributed by atoms with E-state index >= 15 is 0 Å². The molecule has 8 aromatic carbocycles. The molecule has 0 amide bonds. The first-order valence-corrected chi connectivity index (χ1v) is 26.5. The Hall–Kier alpha value is -6.78. The summed E-state index contributed by atoms with van der Waals surface area (Å²) in [6.07, 6.45) is 7.82. The third-order valence-corrected chi connectivity index (χ3v) is 15.4. The molecular weight excluding hydrogens is 1110 g/mol. The van der Waals surface area contributed by atoms with Gasteiger partial charge in [0.15, 0.2) is 0 Å². The summed E-state index contributed by atoms with van der Waals surface area (Å²) in [5, 5.41) is 44.3. The predicted octanol–water partition coefficient (Wildman–Crippen LogP) is 8.01. The van der Waals surface area contributed by atoms with E-state index in [-0.39, 0.29) is 91.9 Å². The quantitative estimate of drug-likeness (QED) is 0.0704. The molecule has 0 aliphatic carbocycles. The molecule has 0 saturated heterocycles. The van der Waals surface area contributed by atoms with Gasteiger partial charge in [-0.15, -0.1) is 23.5 Å². The normalized spacial score (nSPS) is 11.7. The SMILES string of the molecule is O=C([O-])c1cccc(C(Sc2ccc(C(=O)O)cc2)c2cccc(C=Cc3ccc4ccc(Cl)cc4n3)c2)c1.O=C([O-])c1cccc(C(Sc2ccc(C(=O)O)cc2)c2cccc(C=Cc3ccc4ccc(Cl)cc4n3)c2)c1.[Na+].[Na+]. The topological polar surface area (TPSA) is 181 Å². The minimum atomic E-state index is -1.24. The van der Waals surface area contributed by atoms with Crippen LogP contribution in [0.25, 0.3) is 46.1 Å². The van der Waals surface area contributed by atoms with Gasteiger partial charge in [0.2, 0.25) is 0 Å². The van der Waals surface area contributed by atoms with Gasteiger partial charge < -0.3 is 30.0 Å². The largest absolute Gasteiger partial charge is 1.00 e.